The van der Waals surface area contributed by atoms with Gasteiger partial charge in [0, 0.05) is 49.0 Å². The van der Waals surface area contributed by atoms with Gasteiger partial charge in [-0.05, 0) is 31.4 Å². The summed E-state index contributed by atoms with van der Waals surface area (Å²) in [5.74, 6) is -15.8. The molecule has 0 unspecified atom stereocenters. The highest BCUT2D eigenvalue weighted by Crippen LogP contribution is 2.66. The summed E-state index contributed by atoms with van der Waals surface area (Å²) in [7, 11) is 0. The highest BCUT2D eigenvalue weighted by Gasteiger charge is 2.80. The second-order valence-electron chi connectivity index (χ2n) is 9.47. The maximum atomic E-state index is 15.8. The normalized spacial score (nSPS) is 18.4. The summed E-state index contributed by atoms with van der Waals surface area (Å²) in [4.78, 5) is 0.409. The van der Waals surface area contributed by atoms with Gasteiger partial charge in [-0.1, -0.05) is 63.1 Å². The topological polar surface area (TPSA) is 13.1 Å². The number of hydrogen-bond donors (Lipinski definition) is 0. The molecule has 0 spiro atoms. The van der Waals surface area contributed by atoms with Gasteiger partial charge in [0.05, 0.1) is 0 Å². The van der Waals surface area contributed by atoms with E-state index in [-0.39, 0.29) is 39.7 Å². The van der Waals surface area contributed by atoms with Gasteiger partial charge in [0.25, 0.3) is 0 Å². The first-order valence-corrected chi connectivity index (χ1v) is 13.3. The molecule has 2 aromatic heterocycles. The molecule has 0 fully saturated rings. The molecule has 0 saturated heterocycles. The van der Waals surface area contributed by atoms with E-state index >= 15 is 26.3 Å². The van der Waals surface area contributed by atoms with Crippen LogP contribution in [0, 0.1) is 0 Å². The molecule has 0 aliphatic heterocycles. The summed E-state index contributed by atoms with van der Waals surface area (Å²) in [6.07, 6.45) is 3.03. The number of para-hydroxylation sites is 1. The van der Waals surface area contributed by atoms with Gasteiger partial charge >= 0.3 is 17.8 Å². The van der Waals surface area contributed by atoms with E-state index in [0.717, 1.165) is 6.42 Å². The number of aryl methyl sites for hydroxylation is 2. The summed E-state index contributed by atoms with van der Waals surface area (Å²) < 4.78 is 99.9. The molecule has 2 aromatic carbocycles. The lowest BCUT2D eigenvalue weighted by Crippen LogP contribution is -2.49. The van der Waals surface area contributed by atoms with Crippen molar-refractivity contribution in [2.75, 3.05) is 0 Å². The van der Waals surface area contributed by atoms with Crippen LogP contribution in [0.1, 0.15) is 61.3 Å². The van der Waals surface area contributed by atoms with Crippen molar-refractivity contribution in [3.63, 3.8) is 0 Å². The number of thiophene rings is 1. The predicted molar refractivity (Wildman–Crippen MR) is 137 cm³/mol. The zero-order valence-corrected chi connectivity index (χ0v) is 21.3. The van der Waals surface area contributed by atoms with E-state index < -0.39 is 28.9 Å². The first kappa shape index (κ1) is 25.9. The van der Waals surface area contributed by atoms with Crippen LogP contribution in [0.4, 0.5) is 26.3 Å². The van der Waals surface area contributed by atoms with Crippen LogP contribution in [0.3, 0.4) is 0 Å². The van der Waals surface area contributed by atoms with Crippen molar-refractivity contribution in [2.45, 2.75) is 70.1 Å². The third kappa shape index (κ3) is 3.74. The number of fused-ring (bicyclic) bond motifs is 2. The average molecular weight is 537 g/mol. The van der Waals surface area contributed by atoms with Crippen LogP contribution < -0.4 is 0 Å². The fourth-order valence-electron chi connectivity index (χ4n) is 5.16. The number of rotatable bonds is 8. The standard InChI is InChI=1S/C29H26F6OS/c1-3-5-13-20-23(17-11-7-9-14-19(17)36-20)25-26(28(32,33)29(34,35)27(25,30)31)24-18-12-8-10-16-21(18)37-22(24)15-6-4-2/h7-12,14,16H,3-6,13,15H2,1-2H3. The highest BCUT2D eigenvalue weighted by atomic mass is 32.1. The number of hydrogen-bond acceptors (Lipinski definition) is 2. The van der Waals surface area contributed by atoms with E-state index in [9.17, 15) is 0 Å². The van der Waals surface area contributed by atoms with Crippen LogP contribution in [-0.2, 0) is 12.8 Å². The summed E-state index contributed by atoms with van der Waals surface area (Å²) in [5.41, 5.74) is -2.93. The zero-order chi connectivity index (χ0) is 26.6. The predicted octanol–water partition coefficient (Wildman–Crippen LogP) is 10.2. The molecule has 1 nitrogen and oxygen atoms in total. The molecular formula is C29H26F6OS. The fourth-order valence-corrected chi connectivity index (χ4v) is 6.41. The summed E-state index contributed by atoms with van der Waals surface area (Å²) in [6.45, 7) is 3.80. The van der Waals surface area contributed by atoms with Gasteiger partial charge in [-0.2, -0.15) is 26.3 Å². The lowest BCUT2D eigenvalue weighted by molar-refractivity contribution is -0.254. The van der Waals surface area contributed by atoms with Crippen LogP contribution in [-0.4, -0.2) is 17.8 Å². The maximum absolute atomic E-state index is 15.8. The molecule has 0 radical (unpaired) electrons. The third-order valence-electron chi connectivity index (χ3n) is 7.02. The van der Waals surface area contributed by atoms with Crippen LogP contribution in [0.2, 0.25) is 0 Å². The van der Waals surface area contributed by atoms with Gasteiger partial charge in [0.1, 0.15) is 11.3 Å². The number of unbranched alkanes of at least 4 members (excludes halogenated alkanes) is 2. The molecule has 2 heterocycles. The molecule has 0 N–H and O–H groups in total. The minimum Gasteiger partial charge on any atom is -0.460 e. The zero-order valence-electron chi connectivity index (χ0n) is 20.4. The highest BCUT2D eigenvalue weighted by molar-refractivity contribution is 7.19. The molecule has 4 aromatic rings. The van der Waals surface area contributed by atoms with Crippen LogP contribution >= 0.6 is 11.3 Å². The maximum Gasteiger partial charge on any atom is 0.380 e. The SMILES string of the molecule is CCCCc1oc2ccccc2c1C1=C(c2c(CCCC)sc3ccccc23)C(F)(F)C(F)(F)C1(F)F. The Morgan fingerprint density at radius 1 is 0.703 bits per heavy atom. The minimum absolute atomic E-state index is 0.0263. The largest absolute Gasteiger partial charge is 0.460 e. The lowest BCUT2D eigenvalue weighted by atomic mass is 9.90. The fraction of sp³-hybridized carbons (Fsp3) is 0.379. The van der Waals surface area contributed by atoms with E-state index in [1.165, 1.54) is 29.5 Å². The molecule has 1 aliphatic carbocycles. The Kier molecular flexibility index (Phi) is 6.45. The van der Waals surface area contributed by atoms with Crippen LogP contribution in [0.5, 0.6) is 0 Å². The van der Waals surface area contributed by atoms with Gasteiger partial charge < -0.3 is 4.42 Å². The van der Waals surface area contributed by atoms with Crippen molar-refractivity contribution < 1.29 is 30.8 Å². The van der Waals surface area contributed by atoms with Crippen molar-refractivity contribution in [1.29, 1.82) is 0 Å². The Labute approximate surface area is 214 Å². The average Bonchev–Trinajstić information content (AvgIpc) is 3.44. The first-order valence-electron chi connectivity index (χ1n) is 12.5. The van der Waals surface area contributed by atoms with Gasteiger partial charge in [-0.25, -0.2) is 0 Å². The quantitative estimate of drug-likeness (QED) is 0.204. The van der Waals surface area contributed by atoms with Crippen molar-refractivity contribution in [3.8, 4) is 0 Å². The molecule has 0 amide bonds. The number of halogens is 6. The van der Waals surface area contributed by atoms with Gasteiger partial charge in [0.2, 0.25) is 0 Å². The molecule has 0 saturated carbocycles. The molecule has 0 atom stereocenters. The Hall–Kier alpha value is -2.74. The monoisotopic (exact) mass is 536 g/mol. The summed E-state index contributed by atoms with van der Waals surface area (Å²) >= 11 is 1.19. The molecule has 196 valence electrons. The number of allylic oxidation sites excluding steroid dienone is 2. The molecule has 0 bridgehead atoms. The second kappa shape index (κ2) is 9.22. The van der Waals surface area contributed by atoms with Crippen LogP contribution in [0.15, 0.2) is 52.9 Å². The molecule has 1 aliphatic rings. The first-order chi connectivity index (χ1) is 17.6. The Balaban J connectivity index is 1.95. The minimum atomic E-state index is -5.61. The van der Waals surface area contributed by atoms with Gasteiger partial charge in [-0.3, -0.25) is 0 Å². The van der Waals surface area contributed by atoms with Crippen molar-refractivity contribution in [2.24, 2.45) is 0 Å². The number of alkyl halides is 6. The third-order valence-corrected chi connectivity index (χ3v) is 8.25. The smallest absolute Gasteiger partial charge is 0.380 e. The molecule has 37 heavy (non-hydrogen) atoms. The summed E-state index contributed by atoms with van der Waals surface area (Å²) in [6, 6.07) is 12.7. The van der Waals surface area contributed by atoms with Gasteiger partial charge in [0.15, 0.2) is 0 Å². The Morgan fingerprint density at radius 2 is 1.27 bits per heavy atom. The Bertz CT molecular complexity index is 1380. The molecule has 8 heteroatoms. The van der Waals surface area contributed by atoms with E-state index in [1.54, 1.807) is 30.3 Å². The lowest BCUT2D eigenvalue weighted by Gasteiger charge is -2.26. The number of furan rings is 1. The second-order valence-corrected chi connectivity index (χ2v) is 10.6. The van der Waals surface area contributed by atoms with Crippen molar-refractivity contribution >= 4 is 43.5 Å². The van der Waals surface area contributed by atoms with Gasteiger partial charge in [-0.15, -0.1) is 11.3 Å². The van der Waals surface area contributed by atoms with Crippen LogP contribution in [0.25, 0.3) is 32.2 Å². The van der Waals surface area contributed by atoms with E-state index in [0.29, 0.717) is 35.3 Å². The summed E-state index contributed by atoms with van der Waals surface area (Å²) in [5, 5.41) is 0.408. The van der Waals surface area contributed by atoms with Crippen molar-refractivity contribution in [3.05, 3.63) is 70.3 Å². The molecular weight excluding hydrogens is 510 g/mol. The van der Waals surface area contributed by atoms with E-state index in [2.05, 4.69) is 0 Å². The van der Waals surface area contributed by atoms with E-state index in [4.69, 9.17) is 4.42 Å². The Morgan fingerprint density at radius 3 is 1.95 bits per heavy atom. The molecule has 5 rings (SSSR count). The van der Waals surface area contributed by atoms with Crippen molar-refractivity contribution in [1.82, 2.24) is 0 Å². The number of benzene rings is 2. The van der Waals surface area contributed by atoms with E-state index in [1.807, 2.05) is 13.8 Å².